The van der Waals surface area contributed by atoms with Crippen LogP contribution >= 0.6 is 11.8 Å². The fourth-order valence-corrected chi connectivity index (χ4v) is 4.68. The molecule has 26 heavy (non-hydrogen) atoms. The number of hydrogen-bond donors (Lipinski definition) is 1. The molecule has 138 valence electrons. The molecule has 2 aromatic rings. The highest BCUT2D eigenvalue weighted by atomic mass is 32.2. The number of oxazole rings is 1. The molecular weight excluding hydrogens is 350 g/mol. The van der Waals surface area contributed by atoms with Gasteiger partial charge in [-0.3, -0.25) is 9.69 Å². The van der Waals surface area contributed by atoms with E-state index in [1.807, 2.05) is 24.3 Å². The third-order valence-corrected chi connectivity index (χ3v) is 6.35. The monoisotopic (exact) mass is 373 g/mol. The second kappa shape index (κ2) is 7.32. The SMILES string of the molecule is COc1ncc(Sc2ccc(C(=O)NC3C4CCN(CC4)C3C)cc2)o1. The molecule has 1 aromatic carbocycles. The average molecular weight is 373 g/mol. The van der Waals surface area contributed by atoms with Crippen LogP contribution in [0.3, 0.4) is 0 Å². The molecule has 1 amide bonds. The van der Waals surface area contributed by atoms with E-state index in [0.29, 0.717) is 22.6 Å². The van der Waals surface area contributed by atoms with Crippen LogP contribution in [0.1, 0.15) is 30.1 Å². The van der Waals surface area contributed by atoms with Crippen LogP contribution in [0.2, 0.25) is 0 Å². The average Bonchev–Trinajstić information content (AvgIpc) is 3.13. The van der Waals surface area contributed by atoms with Gasteiger partial charge in [0.1, 0.15) is 0 Å². The minimum absolute atomic E-state index is 0.00786. The van der Waals surface area contributed by atoms with Crippen molar-refractivity contribution in [3.63, 3.8) is 0 Å². The Labute approximate surface area is 157 Å². The summed E-state index contributed by atoms with van der Waals surface area (Å²) in [5, 5.41) is 3.92. The highest BCUT2D eigenvalue weighted by Crippen LogP contribution is 2.33. The number of piperidine rings is 3. The maximum absolute atomic E-state index is 12.7. The first-order valence-corrected chi connectivity index (χ1v) is 9.78. The highest BCUT2D eigenvalue weighted by Gasteiger charge is 2.40. The molecule has 1 N–H and O–H groups in total. The summed E-state index contributed by atoms with van der Waals surface area (Å²) >= 11 is 1.44. The van der Waals surface area contributed by atoms with E-state index < -0.39 is 0 Å². The molecule has 1 aromatic heterocycles. The lowest BCUT2D eigenvalue weighted by atomic mass is 9.79. The Morgan fingerprint density at radius 3 is 2.65 bits per heavy atom. The van der Waals surface area contributed by atoms with Crippen LogP contribution in [0, 0.1) is 5.92 Å². The summed E-state index contributed by atoms with van der Waals surface area (Å²) < 4.78 is 10.3. The van der Waals surface area contributed by atoms with Gasteiger partial charge in [-0.25, -0.2) is 0 Å². The van der Waals surface area contributed by atoms with Crippen LogP contribution in [-0.4, -0.2) is 48.1 Å². The van der Waals surface area contributed by atoms with E-state index in [0.717, 1.165) is 18.0 Å². The summed E-state index contributed by atoms with van der Waals surface area (Å²) in [6, 6.07) is 8.24. The molecule has 3 aliphatic heterocycles. The van der Waals surface area contributed by atoms with Crippen molar-refractivity contribution in [3.05, 3.63) is 36.0 Å². The van der Waals surface area contributed by atoms with Crippen LogP contribution in [0.15, 0.2) is 44.9 Å². The van der Waals surface area contributed by atoms with Gasteiger partial charge >= 0.3 is 6.08 Å². The molecule has 2 bridgehead atoms. The second-order valence-corrected chi connectivity index (χ2v) is 7.97. The van der Waals surface area contributed by atoms with Crippen molar-refractivity contribution in [1.82, 2.24) is 15.2 Å². The van der Waals surface area contributed by atoms with Crippen LogP contribution in [0.5, 0.6) is 6.08 Å². The Kier molecular flexibility index (Phi) is 4.91. The van der Waals surface area contributed by atoms with E-state index in [-0.39, 0.29) is 18.0 Å². The van der Waals surface area contributed by atoms with Gasteiger partial charge in [-0.2, -0.15) is 4.98 Å². The summed E-state index contributed by atoms with van der Waals surface area (Å²) in [5.41, 5.74) is 0.688. The zero-order chi connectivity index (χ0) is 18.1. The number of nitrogens with zero attached hydrogens (tertiary/aromatic N) is 2. The molecule has 0 aliphatic carbocycles. The number of rotatable bonds is 5. The number of nitrogens with one attached hydrogen (secondary N) is 1. The van der Waals surface area contributed by atoms with E-state index in [4.69, 9.17) is 9.15 Å². The number of hydrogen-bond acceptors (Lipinski definition) is 6. The van der Waals surface area contributed by atoms with Crippen molar-refractivity contribution >= 4 is 17.7 Å². The molecule has 4 heterocycles. The molecule has 3 aliphatic rings. The van der Waals surface area contributed by atoms with Gasteiger partial charge < -0.3 is 14.5 Å². The van der Waals surface area contributed by atoms with Gasteiger partial charge in [0, 0.05) is 22.5 Å². The maximum atomic E-state index is 12.7. The fourth-order valence-electron chi connectivity index (χ4n) is 3.96. The van der Waals surface area contributed by atoms with Crippen molar-refractivity contribution < 1.29 is 13.9 Å². The number of ether oxygens (including phenoxy) is 1. The molecule has 5 rings (SSSR count). The number of carbonyl (C=O) groups excluding carboxylic acids is 1. The quantitative estimate of drug-likeness (QED) is 0.869. The Hall–Kier alpha value is -1.99. The van der Waals surface area contributed by atoms with E-state index >= 15 is 0 Å². The Balaban J connectivity index is 1.39. The van der Waals surface area contributed by atoms with Gasteiger partial charge in [0.15, 0.2) is 5.09 Å². The van der Waals surface area contributed by atoms with E-state index in [2.05, 4.69) is 22.1 Å². The van der Waals surface area contributed by atoms with Crippen molar-refractivity contribution in [2.45, 2.75) is 41.8 Å². The summed E-state index contributed by atoms with van der Waals surface area (Å²) in [6.07, 6.45) is 4.24. The summed E-state index contributed by atoms with van der Waals surface area (Å²) in [5.74, 6) is 0.615. The highest BCUT2D eigenvalue weighted by molar-refractivity contribution is 7.99. The zero-order valence-corrected chi connectivity index (χ0v) is 15.8. The molecular formula is C19H23N3O3S. The molecule has 0 spiro atoms. The van der Waals surface area contributed by atoms with Gasteiger partial charge in [0.25, 0.3) is 5.91 Å². The summed E-state index contributed by atoms with van der Waals surface area (Å²) in [4.78, 5) is 20.1. The lowest BCUT2D eigenvalue weighted by Gasteiger charge is -2.49. The third-order valence-electron chi connectivity index (χ3n) is 5.45. The molecule has 0 radical (unpaired) electrons. The normalized spacial score (nSPS) is 27.3. The number of aromatic nitrogens is 1. The minimum Gasteiger partial charge on any atom is -0.453 e. The van der Waals surface area contributed by atoms with Gasteiger partial charge in [0.2, 0.25) is 0 Å². The molecule has 3 fully saturated rings. The topological polar surface area (TPSA) is 67.6 Å². The number of benzene rings is 1. The molecule has 3 saturated heterocycles. The maximum Gasteiger partial charge on any atom is 0.394 e. The fraction of sp³-hybridized carbons (Fsp3) is 0.474. The molecule has 2 atom stereocenters. The van der Waals surface area contributed by atoms with Crippen molar-refractivity contribution in [2.24, 2.45) is 5.92 Å². The molecule has 0 saturated carbocycles. The zero-order valence-electron chi connectivity index (χ0n) is 15.0. The first-order valence-electron chi connectivity index (χ1n) is 8.96. The van der Waals surface area contributed by atoms with Crippen LogP contribution in [-0.2, 0) is 0 Å². The van der Waals surface area contributed by atoms with Gasteiger partial charge in [-0.15, -0.1) is 0 Å². The lowest BCUT2D eigenvalue weighted by Crippen LogP contribution is -2.62. The van der Waals surface area contributed by atoms with Gasteiger partial charge in [0.05, 0.1) is 13.3 Å². The Bertz CT molecular complexity index is 767. The number of methoxy groups -OCH3 is 1. The Morgan fingerprint density at radius 1 is 1.31 bits per heavy atom. The minimum atomic E-state index is 0.00786. The van der Waals surface area contributed by atoms with Gasteiger partial charge in [-0.1, -0.05) is 11.8 Å². The van der Waals surface area contributed by atoms with E-state index in [1.165, 1.54) is 31.7 Å². The smallest absolute Gasteiger partial charge is 0.394 e. The summed E-state index contributed by atoms with van der Waals surface area (Å²) in [6.45, 7) is 4.55. The van der Waals surface area contributed by atoms with Crippen molar-refractivity contribution in [2.75, 3.05) is 20.2 Å². The molecule has 6 nitrogen and oxygen atoms in total. The third kappa shape index (κ3) is 3.46. The molecule has 2 unspecified atom stereocenters. The lowest BCUT2D eigenvalue weighted by molar-refractivity contribution is 0.0217. The van der Waals surface area contributed by atoms with Crippen LogP contribution in [0.25, 0.3) is 0 Å². The van der Waals surface area contributed by atoms with Gasteiger partial charge in [-0.05, 0) is 63.0 Å². The standard InChI is InChI=1S/C19H23N3O3S/c1-12-17(13-7-9-22(12)10-8-13)21-18(23)14-3-5-15(6-4-14)26-16-11-20-19(24-2)25-16/h3-6,11-13,17H,7-10H2,1-2H3,(H,21,23). The Morgan fingerprint density at radius 2 is 2.04 bits per heavy atom. The van der Waals surface area contributed by atoms with E-state index in [1.54, 1.807) is 6.20 Å². The number of amides is 1. The first-order chi connectivity index (χ1) is 12.6. The van der Waals surface area contributed by atoms with Crippen LogP contribution in [0.4, 0.5) is 0 Å². The largest absolute Gasteiger partial charge is 0.453 e. The number of carbonyl (C=O) groups is 1. The predicted octanol–water partition coefficient (Wildman–Crippen LogP) is 3.05. The van der Waals surface area contributed by atoms with E-state index in [9.17, 15) is 4.79 Å². The van der Waals surface area contributed by atoms with Crippen LogP contribution < -0.4 is 10.1 Å². The second-order valence-electron chi connectivity index (χ2n) is 6.89. The number of fused-ring (bicyclic) bond motifs is 3. The molecule has 7 heteroatoms. The first kappa shape index (κ1) is 17.4. The van der Waals surface area contributed by atoms with Crippen molar-refractivity contribution in [3.8, 4) is 6.08 Å². The predicted molar refractivity (Wildman–Crippen MR) is 98.6 cm³/mol. The van der Waals surface area contributed by atoms with Crippen molar-refractivity contribution in [1.29, 1.82) is 0 Å². The summed E-state index contributed by atoms with van der Waals surface area (Å²) in [7, 11) is 1.52.